The van der Waals surface area contributed by atoms with E-state index in [1.807, 2.05) is 42.5 Å². The Morgan fingerprint density at radius 2 is 1.59 bits per heavy atom. The van der Waals surface area contributed by atoms with Crippen LogP contribution in [0.1, 0.15) is 25.2 Å². The van der Waals surface area contributed by atoms with Crippen LogP contribution in [-0.2, 0) is 19.4 Å². The Morgan fingerprint density at radius 3 is 2.22 bits per heavy atom. The van der Waals surface area contributed by atoms with Crippen molar-refractivity contribution in [2.75, 3.05) is 0 Å². The zero-order valence-corrected chi connectivity index (χ0v) is 16.4. The van der Waals surface area contributed by atoms with Gasteiger partial charge in [-0.1, -0.05) is 67.9 Å². The molecule has 2 N–H and O–H groups in total. The van der Waals surface area contributed by atoms with Crippen LogP contribution in [0.5, 0.6) is 0 Å². The SMILES string of the molecule is CC1(C)Cc2c(-c3ccccc3)c(-c3ccc(Cl)cc3)c(CC(O)O)n2C1. The van der Waals surface area contributed by atoms with E-state index < -0.39 is 6.29 Å². The van der Waals surface area contributed by atoms with Crippen molar-refractivity contribution >= 4 is 11.6 Å². The second kappa shape index (κ2) is 6.83. The number of benzene rings is 2. The van der Waals surface area contributed by atoms with E-state index in [4.69, 9.17) is 11.6 Å². The molecule has 27 heavy (non-hydrogen) atoms. The van der Waals surface area contributed by atoms with Crippen LogP contribution in [0.3, 0.4) is 0 Å². The van der Waals surface area contributed by atoms with Gasteiger partial charge in [-0.25, -0.2) is 0 Å². The number of nitrogens with zero attached hydrogens (tertiary/aromatic N) is 1. The number of rotatable bonds is 4. The predicted molar refractivity (Wildman–Crippen MR) is 110 cm³/mol. The summed E-state index contributed by atoms with van der Waals surface area (Å²) in [5, 5.41) is 20.3. The van der Waals surface area contributed by atoms with Gasteiger partial charge in [0.25, 0.3) is 0 Å². The third-order valence-corrected chi connectivity index (χ3v) is 5.53. The molecule has 3 nitrogen and oxygen atoms in total. The fourth-order valence-corrected chi connectivity index (χ4v) is 4.39. The quantitative estimate of drug-likeness (QED) is 0.630. The lowest BCUT2D eigenvalue weighted by Crippen LogP contribution is -2.17. The molecule has 2 heterocycles. The number of aliphatic hydroxyl groups excluding tert-OH is 1. The van der Waals surface area contributed by atoms with Crippen molar-refractivity contribution in [2.45, 2.75) is 39.5 Å². The van der Waals surface area contributed by atoms with E-state index in [1.54, 1.807) is 0 Å². The highest BCUT2D eigenvalue weighted by molar-refractivity contribution is 6.30. The average Bonchev–Trinajstić information content (AvgIpc) is 3.07. The fourth-order valence-electron chi connectivity index (χ4n) is 4.26. The van der Waals surface area contributed by atoms with Crippen LogP contribution in [0.15, 0.2) is 54.6 Å². The van der Waals surface area contributed by atoms with Crippen LogP contribution in [0.2, 0.25) is 5.02 Å². The summed E-state index contributed by atoms with van der Waals surface area (Å²) in [7, 11) is 0. The Morgan fingerprint density at radius 1 is 0.963 bits per heavy atom. The number of hydrogen-bond acceptors (Lipinski definition) is 2. The Balaban J connectivity index is 2.02. The smallest absolute Gasteiger partial charge is 0.156 e. The topological polar surface area (TPSA) is 45.4 Å². The summed E-state index contributed by atoms with van der Waals surface area (Å²) in [6, 6.07) is 18.2. The molecule has 1 aliphatic heterocycles. The molecule has 0 atom stereocenters. The predicted octanol–water partition coefficient (Wildman–Crippen LogP) is 4.91. The van der Waals surface area contributed by atoms with Gasteiger partial charge in [0.15, 0.2) is 6.29 Å². The number of fused-ring (bicyclic) bond motifs is 1. The molecule has 0 aliphatic carbocycles. The van der Waals surface area contributed by atoms with Gasteiger partial charge < -0.3 is 14.8 Å². The normalized spacial score (nSPS) is 15.3. The third kappa shape index (κ3) is 3.43. The maximum atomic E-state index is 9.78. The summed E-state index contributed by atoms with van der Waals surface area (Å²) < 4.78 is 2.30. The van der Waals surface area contributed by atoms with Crippen molar-refractivity contribution in [1.82, 2.24) is 4.57 Å². The van der Waals surface area contributed by atoms with Crippen LogP contribution in [0.25, 0.3) is 22.3 Å². The second-order valence-corrected chi connectivity index (χ2v) is 8.56. The second-order valence-electron chi connectivity index (χ2n) is 8.13. The van der Waals surface area contributed by atoms with Gasteiger partial charge in [-0.15, -0.1) is 0 Å². The molecule has 4 heteroatoms. The van der Waals surface area contributed by atoms with Crippen LogP contribution in [0.4, 0.5) is 0 Å². The molecule has 3 aromatic rings. The first kappa shape index (κ1) is 18.3. The molecule has 1 aromatic heterocycles. The molecule has 0 fully saturated rings. The molecule has 0 saturated carbocycles. The average molecular weight is 382 g/mol. The maximum absolute atomic E-state index is 9.78. The van der Waals surface area contributed by atoms with E-state index >= 15 is 0 Å². The van der Waals surface area contributed by atoms with Gasteiger partial charge in [-0.05, 0) is 35.1 Å². The monoisotopic (exact) mass is 381 g/mol. The minimum Gasteiger partial charge on any atom is -0.368 e. The van der Waals surface area contributed by atoms with Gasteiger partial charge in [0.1, 0.15) is 0 Å². The molecule has 0 unspecified atom stereocenters. The molecule has 0 spiro atoms. The zero-order valence-electron chi connectivity index (χ0n) is 15.6. The Kier molecular flexibility index (Phi) is 4.63. The summed E-state index contributed by atoms with van der Waals surface area (Å²) in [4.78, 5) is 0. The molecule has 0 radical (unpaired) electrons. The maximum Gasteiger partial charge on any atom is 0.156 e. The van der Waals surface area contributed by atoms with E-state index in [9.17, 15) is 10.2 Å². The van der Waals surface area contributed by atoms with Gasteiger partial charge >= 0.3 is 0 Å². The molecule has 2 aromatic carbocycles. The zero-order chi connectivity index (χ0) is 19.2. The molecule has 0 amide bonds. The van der Waals surface area contributed by atoms with Crippen LogP contribution in [-0.4, -0.2) is 21.1 Å². The molecule has 0 saturated heterocycles. The first-order valence-electron chi connectivity index (χ1n) is 9.27. The number of hydrogen-bond donors (Lipinski definition) is 2. The van der Waals surface area contributed by atoms with Crippen LogP contribution < -0.4 is 0 Å². The summed E-state index contributed by atoms with van der Waals surface area (Å²) in [5.74, 6) is 0. The summed E-state index contributed by atoms with van der Waals surface area (Å²) in [5.41, 5.74) is 6.87. The van der Waals surface area contributed by atoms with Crippen molar-refractivity contribution in [3.63, 3.8) is 0 Å². The largest absolute Gasteiger partial charge is 0.368 e. The van der Waals surface area contributed by atoms with E-state index in [1.165, 1.54) is 11.3 Å². The first-order chi connectivity index (χ1) is 12.9. The van der Waals surface area contributed by atoms with Crippen LogP contribution in [0, 0.1) is 5.41 Å². The van der Waals surface area contributed by atoms with E-state index in [0.29, 0.717) is 5.02 Å². The Labute approximate surface area is 164 Å². The number of halogens is 1. The van der Waals surface area contributed by atoms with E-state index in [0.717, 1.165) is 35.3 Å². The van der Waals surface area contributed by atoms with Crippen LogP contribution >= 0.6 is 11.6 Å². The van der Waals surface area contributed by atoms with Crippen molar-refractivity contribution in [3.05, 3.63) is 71.0 Å². The van der Waals surface area contributed by atoms with Crippen molar-refractivity contribution in [3.8, 4) is 22.3 Å². The van der Waals surface area contributed by atoms with Gasteiger partial charge in [0.2, 0.25) is 0 Å². The minimum atomic E-state index is -1.39. The summed E-state index contributed by atoms with van der Waals surface area (Å²) in [6.07, 6.45) is -0.227. The summed E-state index contributed by atoms with van der Waals surface area (Å²) in [6.45, 7) is 5.39. The van der Waals surface area contributed by atoms with Gasteiger partial charge in [-0.3, -0.25) is 0 Å². The number of aromatic nitrogens is 1. The van der Waals surface area contributed by atoms with E-state index in [-0.39, 0.29) is 11.8 Å². The summed E-state index contributed by atoms with van der Waals surface area (Å²) >= 11 is 6.11. The van der Waals surface area contributed by atoms with Gasteiger partial charge in [0, 0.05) is 40.5 Å². The minimum absolute atomic E-state index is 0.145. The lowest BCUT2D eigenvalue weighted by atomic mass is 9.86. The molecule has 140 valence electrons. The van der Waals surface area contributed by atoms with Gasteiger partial charge in [0.05, 0.1) is 0 Å². The standard InChI is InChI=1S/C23H24ClNO2/c1-23(2)13-19-22(15-6-4-3-5-7-15)21(16-8-10-17(24)11-9-16)18(12-20(26)27)25(19)14-23/h3-11,20,26-27H,12-14H2,1-2H3. The van der Waals surface area contributed by atoms with E-state index in [2.05, 4.69) is 30.5 Å². The first-order valence-corrected chi connectivity index (χ1v) is 9.65. The molecule has 4 rings (SSSR count). The third-order valence-electron chi connectivity index (χ3n) is 5.28. The lowest BCUT2D eigenvalue weighted by molar-refractivity contribution is -0.0393. The Bertz CT molecular complexity index is 956. The Hall–Kier alpha value is -2.07. The highest BCUT2D eigenvalue weighted by Gasteiger charge is 2.36. The van der Waals surface area contributed by atoms with Crippen molar-refractivity contribution in [1.29, 1.82) is 0 Å². The molecule has 1 aliphatic rings. The molecular weight excluding hydrogens is 358 g/mol. The van der Waals surface area contributed by atoms with Crippen molar-refractivity contribution in [2.24, 2.45) is 5.41 Å². The lowest BCUT2D eigenvalue weighted by Gasteiger charge is -2.19. The highest BCUT2D eigenvalue weighted by Crippen LogP contribution is 2.47. The number of aliphatic hydroxyl groups is 2. The fraction of sp³-hybridized carbons (Fsp3) is 0.304. The van der Waals surface area contributed by atoms with Crippen molar-refractivity contribution < 1.29 is 10.2 Å². The molecule has 0 bridgehead atoms. The van der Waals surface area contributed by atoms with Gasteiger partial charge in [-0.2, -0.15) is 0 Å². The molecular formula is C23H24ClNO2. The highest BCUT2D eigenvalue weighted by atomic mass is 35.5.